The number of carboxylic acids is 2. The molecule has 0 radical (unpaired) electrons. The Kier molecular flexibility index (Phi) is 19.5. The summed E-state index contributed by atoms with van der Waals surface area (Å²) in [6.07, 6.45) is 24.6. The minimum atomic E-state index is -0.943. The molecule has 4 nitrogen and oxygen atoms in total. The van der Waals surface area contributed by atoms with Gasteiger partial charge in [0.25, 0.3) is 0 Å². The first kappa shape index (κ1) is 26.7. The smallest absolute Gasteiger partial charge is 0.310 e. The number of aliphatic carboxylic acids is 2. The first-order chi connectivity index (χ1) is 13.6. The molecule has 0 aliphatic heterocycles. The van der Waals surface area contributed by atoms with Crippen molar-refractivity contribution in [1.82, 2.24) is 0 Å². The van der Waals surface area contributed by atoms with Crippen LogP contribution in [0.25, 0.3) is 0 Å². The molecule has 0 saturated carbocycles. The highest BCUT2D eigenvalue weighted by molar-refractivity contribution is 5.73. The summed E-state index contributed by atoms with van der Waals surface area (Å²) in [5.74, 6) is -2.55. The number of hydrogen-bond acceptors (Lipinski definition) is 2. The Hall–Kier alpha value is -1.32. The van der Waals surface area contributed by atoms with Crippen molar-refractivity contribution in [3.8, 4) is 0 Å². The maximum absolute atomic E-state index is 11.1. The van der Waals surface area contributed by atoms with Crippen LogP contribution in [0.15, 0.2) is 12.2 Å². The molecule has 0 fully saturated rings. The van der Waals surface area contributed by atoms with Crippen LogP contribution < -0.4 is 0 Å². The van der Waals surface area contributed by atoms with Crippen molar-refractivity contribution in [1.29, 1.82) is 0 Å². The molecule has 0 heterocycles. The van der Waals surface area contributed by atoms with E-state index < -0.39 is 17.9 Å². The van der Waals surface area contributed by atoms with Gasteiger partial charge in [-0.25, -0.2) is 0 Å². The van der Waals surface area contributed by atoms with Crippen LogP contribution in [-0.4, -0.2) is 22.2 Å². The maximum atomic E-state index is 11.1. The first-order valence-corrected chi connectivity index (χ1v) is 11.7. The molecule has 0 spiro atoms. The molecular formula is C24H44O4. The Morgan fingerprint density at radius 3 is 1.54 bits per heavy atom. The van der Waals surface area contributed by atoms with Crippen molar-refractivity contribution in [3.05, 3.63) is 12.2 Å². The van der Waals surface area contributed by atoms with Crippen LogP contribution in [0.2, 0.25) is 0 Å². The van der Waals surface area contributed by atoms with Gasteiger partial charge in [-0.15, -0.1) is 0 Å². The van der Waals surface area contributed by atoms with Crippen LogP contribution in [0.3, 0.4) is 0 Å². The molecule has 0 aromatic rings. The highest BCUT2D eigenvalue weighted by atomic mass is 16.4. The van der Waals surface area contributed by atoms with Crippen molar-refractivity contribution in [2.45, 2.75) is 122 Å². The molecule has 28 heavy (non-hydrogen) atoms. The fourth-order valence-electron chi connectivity index (χ4n) is 3.47. The molecule has 1 atom stereocenters. The Bertz CT molecular complexity index is 403. The van der Waals surface area contributed by atoms with Crippen molar-refractivity contribution in [2.75, 3.05) is 0 Å². The summed E-state index contributed by atoms with van der Waals surface area (Å²) < 4.78 is 0. The largest absolute Gasteiger partial charge is 0.481 e. The molecule has 1 unspecified atom stereocenters. The molecule has 0 amide bonds. The molecule has 0 aliphatic carbocycles. The van der Waals surface area contributed by atoms with Gasteiger partial charge in [0.1, 0.15) is 0 Å². The predicted octanol–water partition coefficient (Wildman–Crippen LogP) is 7.37. The van der Waals surface area contributed by atoms with Crippen LogP contribution in [0.5, 0.6) is 0 Å². The first-order valence-electron chi connectivity index (χ1n) is 11.7. The van der Waals surface area contributed by atoms with E-state index in [1.807, 2.05) is 6.08 Å². The minimum absolute atomic E-state index is 0.0970. The summed E-state index contributed by atoms with van der Waals surface area (Å²) in [6, 6.07) is 0. The SMILES string of the molecule is CCCCCCCCCCCCCCCCC/C=C/C(CCC(=O)O)C(=O)O. The topological polar surface area (TPSA) is 74.6 Å². The standard InChI is InChI=1S/C24H44O4/c1-2-3-4-5-6-7-8-9-10-11-12-13-14-15-16-17-18-19-22(24(27)28)20-21-23(25)26/h18-19,22H,2-17,20-21H2,1H3,(H,25,26)(H,27,28)/b19-18+. The van der Waals surface area contributed by atoms with Crippen molar-refractivity contribution >= 4 is 11.9 Å². The lowest BCUT2D eigenvalue weighted by atomic mass is 10.0. The van der Waals surface area contributed by atoms with Crippen LogP contribution in [0.4, 0.5) is 0 Å². The van der Waals surface area contributed by atoms with Gasteiger partial charge in [0, 0.05) is 6.42 Å². The van der Waals surface area contributed by atoms with Gasteiger partial charge < -0.3 is 10.2 Å². The molecule has 0 bridgehead atoms. The molecule has 0 aromatic carbocycles. The number of allylic oxidation sites excluding steroid dienone is 1. The van der Waals surface area contributed by atoms with Gasteiger partial charge in [-0.3, -0.25) is 9.59 Å². The fourth-order valence-corrected chi connectivity index (χ4v) is 3.47. The lowest BCUT2D eigenvalue weighted by Crippen LogP contribution is -2.12. The van der Waals surface area contributed by atoms with E-state index in [1.165, 1.54) is 89.9 Å². The zero-order valence-corrected chi connectivity index (χ0v) is 18.2. The maximum Gasteiger partial charge on any atom is 0.310 e. The number of carbonyl (C=O) groups is 2. The quantitative estimate of drug-likeness (QED) is 0.157. The van der Waals surface area contributed by atoms with E-state index in [4.69, 9.17) is 10.2 Å². The molecule has 164 valence electrons. The van der Waals surface area contributed by atoms with Crippen molar-refractivity contribution in [2.24, 2.45) is 5.92 Å². The Labute approximate surface area is 172 Å². The van der Waals surface area contributed by atoms with E-state index in [9.17, 15) is 9.59 Å². The predicted molar refractivity (Wildman–Crippen MR) is 117 cm³/mol. The van der Waals surface area contributed by atoms with Crippen LogP contribution in [0, 0.1) is 5.92 Å². The molecular weight excluding hydrogens is 352 g/mol. The third kappa shape index (κ3) is 19.4. The van der Waals surface area contributed by atoms with Crippen molar-refractivity contribution < 1.29 is 19.8 Å². The van der Waals surface area contributed by atoms with Crippen LogP contribution >= 0.6 is 0 Å². The summed E-state index contributed by atoms with van der Waals surface area (Å²) >= 11 is 0. The van der Waals surface area contributed by atoms with E-state index in [-0.39, 0.29) is 12.8 Å². The number of unbranched alkanes of at least 4 members (excludes halogenated alkanes) is 15. The number of rotatable bonds is 21. The van der Waals surface area contributed by atoms with E-state index in [0.717, 1.165) is 12.8 Å². The number of carboxylic acid groups (broad SMARTS) is 2. The lowest BCUT2D eigenvalue weighted by molar-refractivity contribution is -0.141. The zero-order chi connectivity index (χ0) is 20.9. The fraction of sp³-hybridized carbons (Fsp3) is 0.833. The van der Waals surface area contributed by atoms with E-state index in [2.05, 4.69) is 6.92 Å². The van der Waals surface area contributed by atoms with Crippen LogP contribution in [-0.2, 0) is 9.59 Å². The van der Waals surface area contributed by atoms with Gasteiger partial charge in [-0.05, 0) is 19.3 Å². The molecule has 2 N–H and O–H groups in total. The monoisotopic (exact) mass is 396 g/mol. The van der Waals surface area contributed by atoms with Gasteiger partial charge in [0.2, 0.25) is 0 Å². The highest BCUT2D eigenvalue weighted by Crippen LogP contribution is 2.14. The second-order valence-electron chi connectivity index (χ2n) is 8.04. The zero-order valence-electron chi connectivity index (χ0n) is 18.2. The lowest BCUT2D eigenvalue weighted by Gasteiger charge is -2.05. The van der Waals surface area contributed by atoms with E-state index in [1.54, 1.807) is 6.08 Å². The highest BCUT2D eigenvalue weighted by Gasteiger charge is 2.14. The molecule has 0 rings (SSSR count). The van der Waals surface area contributed by atoms with Gasteiger partial charge in [0.15, 0.2) is 0 Å². The molecule has 0 aliphatic rings. The van der Waals surface area contributed by atoms with Gasteiger partial charge >= 0.3 is 11.9 Å². The Morgan fingerprint density at radius 2 is 1.14 bits per heavy atom. The average molecular weight is 397 g/mol. The van der Waals surface area contributed by atoms with Crippen LogP contribution in [0.1, 0.15) is 122 Å². The van der Waals surface area contributed by atoms with E-state index >= 15 is 0 Å². The van der Waals surface area contributed by atoms with Crippen molar-refractivity contribution in [3.63, 3.8) is 0 Å². The third-order valence-electron chi connectivity index (χ3n) is 5.33. The summed E-state index contributed by atoms with van der Waals surface area (Å²) in [5, 5.41) is 17.7. The molecule has 0 aromatic heterocycles. The molecule has 4 heteroatoms. The Morgan fingerprint density at radius 1 is 0.714 bits per heavy atom. The minimum Gasteiger partial charge on any atom is -0.481 e. The summed E-state index contributed by atoms with van der Waals surface area (Å²) in [6.45, 7) is 2.26. The summed E-state index contributed by atoms with van der Waals surface area (Å²) in [7, 11) is 0. The van der Waals surface area contributed by atoms with Gasteiger partial charge in [0.05, 0.1) is 5.92 Å². The summed E-state index contributed by atoms with van der Waals surface area (Å²) in [4.78, 5) is 21.6. The Balaban J connectivity index is 3.38. The van der Waals surface area contributed by atoms with Gasteiger partial charge in [-0.1, -0.05) is 109 Å². The normalized spacial score (nSPS) is 12.5. The van der Waals surface area contributed by atoms with E-state index in [0.29, 0.717) is 0 Å². The third-order valence-corrected chi connectivity index (χ3v) is 5.33. The second kappa shape index (κ2) is 20.4. The summed E-state index contributed by atoms with van der Waals surface area (Å²) in [5.41, 5.74) is 0. The second-order valence-corrected chi connectivity index (χ2v) is 8.04. The van der Waals surface area contributed by atoms with Gasteiger partial charge in [-0.2, -0.15) is 0 Å². The average Bonchev–Trinajstić information content (AvgIpc) is 2.66. The molecule has 0 saturated heterocycles. The number of hydrogen-bond donors (Lipinski definition) is 2.